The molecule has 0 spiro atoms. The number of hydrogen-bond acceptors (Lipinski definition) is 2. The number of methoxy groups -OCH3 is 1. The van der Waals surface area contributed by atoms with Gasteiger partial charge in [-0.2, -0.15) is 0 Å². The monoisotopic (exact) mass is 152 g/mol. The van der Waals surface area contributed by atoms with Gasteiger partial charge >= 0.3 is 0 Å². The van der Waals surface area contributed by atoms with E-state index in [9.17, 15) is 5.11 Å². The SMILES string of the molecule is COC1=CC=CC(C)(O)C=C1. The van der Waals surface area contributed by atoms with Crippen LogP contribution in [0, 0.1) is 0 Å². The highest BCUT2D eigenvalue weighted by Gasteiger charge is 2.12. The third-order valence-corrected chi connectivity index (χ3v) is 1.51. The predicted molar refractivity (Wildman–Crippen MR) is 44.0 cm³/mol. The van der Waals surface area contributed by atoms with Crippen molar-refractivity contribution in [3.63, 3.8) is 0 Å². The van der Waals surface area contributed by atoms with E-state index in [4.69, 9.17) is 4.74 Å². The summed E-state index contributed by atoms with van der Waals surface area (Å²) in [6.07, 6.45) is 8.72. The molecule has 0 saturated carbocycles. The number of aliphatic hydroxyl groups is 1. The molecule has 0 aromatic heterocycles. The molecule has 1 unspecified atom stereocenters. The average Bonchev–Trinajstić information content (AvgIpc) is 2.10. The highest BCUT2D eigenvalue weighted by atomic mass is 16.5. The first kappa shape index (κ1) is 8.08. The maximum Gasteiger partial charge on any atom is 0.118 e. The van der Waals surface area contributed by atoms with Gasteiger partial charge in [-0.1, -0.05) is 6.08 Å². The van der Waals surface area contributed by atoms with Gasteiger partial charge in [-0.15, -0.1) is 0 Å². The van der Waals surface area contributed by atoms with E-state index in [1.54, 1.807) is 44.4 Å². The van der Waals surface area contributed by atoms with Crippen molar-refractivity contribution in [1.29, 1.82) is 0 Å². The summed E-state index contributed by atoms with van der Waals surface area (Å²) in [4.78, 5) is 0. The second-order valence-electron chi connectivity index (χ2n) is 2.69. The largest absolute Gasteiger partial charge is 0.497 e. The van der Waals surface area contributed by atoms with Crippen LogP contribution in [0.15, 0.2) is 36.1 Å². The molecule has 0 bridgehead atoms. The Morgan fingerprint density at radius 1 is 1.45 bits per heavy atom. The van der Waals surface area contributed by atoms with Crippen LogP contribution in [0.2, 0.25) is 0 Å². The summed E-state index contributed by atoms with van der Waals surface area (Å²) in [7, 11) is 1.60. The van der Waals surface area contributed by atoms with Crippen LogP contribution in [-0.4, -0.2) is 17.8 Å². The number of rotatable bonds is 1. The van der Waals surface area contributed by atoms with Gasteiger partial charge in [0.2, 0.25) is 0 Å². The number of allylic oxidation sites excluding steroid dienone is 3. The Balaban J connectivity index is 2.83. The second-order valence-corrected chi connectivity index (χ2v) is 2.69. The lowest BCUT2D eigenvalue weighted by molar-refractivity contribution is 0.164. The van der Waals surface area contributed by atoms with Gasteiger partial charge in [0, 0.05) is 0 Å². The Hall–Kier alpha value is -1.02. The third-order valence-electron chi connectivity index (χ3n) is 1.51. The fourth-order valence-electron chi connectivity index (χ4n) is 0.836. The molecular weight excluding hydrogens is 140 g/mol. The highest BCUT2D eigenvalue weighted by molar-refractivity contribution is 5.28. The normalized spacial score (nSPS) is 29.5. The van der Waals surface area contributed by atoms with Crippen molar-refractivity contribution in [2.24, 2.45) is 0 Å². The molecule has 0 aromatic carbocycles. The van der Waals surface area contributed by atoms with E-state index < -0.39 is 5.60 Å². The maximum atomic E-state index is 9.51. The van der Waals surface area contributed by atoms with E-state index in [-0.39, 0.29) is 0 Å². The number of hydrogen-bond donors (Lipinski definition) is 1. The van der Waals surface area contributed by atoms with Crippen LogP contribution in [0.4, 0.5) is 0 Å². The van der Waals surface area contributed by atoms with Gasteiger partial charge in [0.15, 0.2) is 0 Å². The lowest BCUT2D eigenvalue weighted by atomic mass is 10.1. The fourth-order valence-corrected chi connectivity index (χ4v) is 0.836. The minimum absolute atomic E-state index is 0.749. The molecular formula is C9H12O2. The van der Waals surface area contributed by atoms with E-state index in [0.29, 0.717) is 0 Å². The Morgan fingerprint density at radius 3 is 2.82 bits per heavy atom. The predicted octanol–water partition coefficient (Wildman–Crippen LogP) is 1.39. The fraction of sp³-hybridized carbons (Fsp3) is 0.333. The Kier molecular flexibility index (Phi) is 2.15. The van der Waals surface area contributed by atoms with Crippen LogP contribution >= 0.6 is 0 Å². The topological polar surface area (TPSA) is 29.5 Å². The zero-order valence-corrected chi connectivity index (χ0v) is 6.74. The smallest absolute Gasteiger partial charge is 0.118 e. The minimum atomic E-state index is -0.850. The summed E-state index contributed by atoms with van der Waals surface area (Å²) in [5, 5.41) is 9.51. The molecule has 2 heteroatoms. The van der Waals surface area contributed by atoms with Gasteiger partial charge in [0.25, 0.3) is 0 Å². The first-order chi connectivity index (χ1) is 5.14. The van der Waals surface area contributed by atoms with Gasteiger partial charge in [-0.3, -0.25) is 0 Å². The summed E-state index contributed by atoms with van der Waals surface area (Å²) >= 11 is 0. The van der Waals surface area contributed by atoms with Crippen molar-refractivity contribution in [1.82, 2.24) is 0 Å². The second kappa shape index (κ2) is 2.93. The molecule has 1 aliphatic rings. The number of ether oxygens (including phenoxy) is 1. The summed E-state index contributed by atoms with van der Waals surface area (Å²) in [5.74, 6) is 0.749. The third kappa shape index (κ3) is 2.24. The summed E-state index contributed by atoms with van der Waals surface area (Å²) in [6.45, 7) is 1.71. The first-order valence-electron chi connectivity index (χ1n) is 3.49. The summed E-state index contributed by atoms with van der Waals surface area (Å²) < 4.78 is 4.98. The van der Waals surface area contributed by atoms with E-state index >= 15 is 0 Å². The Bertz CT molecular complexity index is 222. The van der Waals surface area contributed by atoms with Crippen molar-refractivity contribution < 1.29 is 9.84 Å². The molecule has 0 heterocycles. The molecule has 0 saturated heterocycles. The highest BCUT2D eigenvalue weighted by Crippen LogP contribution is 2.13. The molecule has 1 atom stereocenters. The zero-order chi connectivity index (χ0) is 8.32. The van der Waals surface area contributed by atoms with E-state index in [0.717, 1.165) is 5.76 Å². The summed E-state index contributed by atoms with van der Waals surface area (Å²) in [5.41, 5.74) is -0.850. The first-order valence-corrected chi connectivity index (χ1v) is 3.49. The molecule has 60 valence electrons. The van der Waals surface area contributed by atoms with Crippen LogP contribution < -0.4 is 0 Å². The molecule has 0 fully saturated rings. The van der Waals surface area contributed by atoms with Gasteiger partial charge < -0.3 is 9.84 Å². The molecule has 0 aliphatic heterocycles. The van der Waals surface area contributed by atoms with Gasteiger partial charge in [-0.05, 0) is 31.2 Å². The van der Waals surface area contributed by atoms with Crippen LogP contribution in [0.3, 0.4) is 0 Å². The van der Waals surface area contributed by atoms with E-state index in [1.165, 1.54) is 0 Å². The van der Waals surface area contributed by atoms with Crippen molar-refractivity contribution in [2.45, 2.75) is 12.5 Å². The van der Waals surface area contributed by atoms with Crippen LogP contribution in [0.1, 0.15) is 6.92 Å². The van der Waals surface area contributed by atoms with Crippen molar-refractivity contribution >= 4 is 0 Å². The molecule has 0 amide bonds. The van der Waals surface area contributed by atoms with E-state index in [2.05, 4.69) is 0 Å². The Labute approximate surface area is 66.5 Å². The quantitative estimate of drug-likeness (QED) is 0.615. The van der Waals surface area contributed by atoms with Gasteiger partial charge in [0.1, 0.15) is 5.76 Å². The zero-order valence-electron chi connectivity index (χ0n) is 6.74. The van der Waals surface area contributed by atoms with Crippen LogP contribution in [0.5, 0.6) is 0 Å². The average molecular weight is 152 g/mol. The molecule has 0 aromatic rings. The van der Waals surface area contributed by atoms with E-state index in [1.807, 2.05) is 0 Å². The van der Waals surface area contributed by atoms with Crippen molar-refractivity contribution in [2.75, 3.05) is 7.11 Å². The molecule has 1 aliphatic carbocycles. The van der Waals surface area contributed by atoms with Crippen molar-refractivity contribution in [3.05, 3.63) is 36.1 Å². The molecule has 0 radical (unpaired) electrons. The molecule has 2 nitrogen and oxygen atoms in total. The Morgan fingerprint density at radius 2 is 2.18 bits per heavy atom. The lowest BCUT2D eigenvalue weighted by Crippen LogP contribution is -2.15. The van der Waals surface area contributed by atoms with Crippen LogP contribution in [-0.2, 0) is 4.74 Å². The minimum Gasteiger partial charge on any atom is -0.497 e. The molecule has 11 heavy (non-hydrogen) atoms. The van der Waals surface area contributed by atoms with Gasteiger partial charge in [0.05, 0.1) is 12.7 Å². The van der Waals surface area contributed by atoms with Crippen molar-refractivity contribution in [3.8, 4) is 0 Å². The molecule has 1 rings (SSSR count). The lowest BCUT2D eigenvalue weighted by Gasteiger charge is -2.11. The maximum absolute atomic E-state index is 9.51. The van der Waals surface area contributed by atoms with Crippen LogP contribution in [0.25, 0.3) is 0 Å². The standard InChI is InChI=1S/C9H12O2/c1-9(10)6-3-4-8(11-2)5-7-9/h3-7,10H,1-2H3. The molecule has 1 N–H and O–H groups in total. The van der Waals surface area contributed by atoms with Gasteiger partial charge in [-0.25, -0.2) is 0 Å². The summed E-state index contributed by atoms with van der Waals surface area (Å²) in [6, 6.07) is 0.